The first-order valence-corrected chi connectivity index (χ1v) is 5.45. The summed E-state index contributed by atoms with van der Waals surface area (Å²) in [4.78, 5) is 7.23. The molecule has 2 aromatic heterocycles. The van der Waals surface area contributed by atoms with Crippen LogP contribution in [0.2, 0.25) is 5.28 Å². The molecule has 0 amide bonds. The minimum absolute atomic E-state index is 0.0124. The van der Waals surface area contributed by atoms with Gasteiger partial charge in [0, 0.05) is 0 Å². The third-order valence-corrected chi connectivity index (χ3v) is 3.15. The van der Waals surface area contributed by atoms with Crippen LogP contribution in [0, 0.1) is 5.82 Å². The molecule has 0 aliphatic rings. The molecule has 2 heterocycles. The Morgan fingerprint density at radius 3 is 3.07 bits per heavy atom. The highest BCUT2D eigenvalue weighted by Crippen LogP contribution is 2.28. The van der Waals surface area contributed by atoms with Crippen LogP contribution in [-0.4, -0.2) is 20.2 Å². The fourth-order valence-corrected chi connectivity index (χ4v) is 2.25. The van der Waals surface area contributed by atoms with Crippen molar-refractivity contribution in [3.63, 3.8) is 0 Å². The van der Waals surface area contributed by atoms with E-state index < -0.39 is 5.82 Å². The summed E-state index contributed by atoms with van der Waals surface area (Å²) >= 11 is 7.89. The Labute approximate surface area is 91.6 Å². The Balaban J connectivity index is 2.28. The second kappa shape index (κ2) is 4.16. The SMILES string of the molecule is Fc1cnc(Cl)nc1Sc1nncs1. The summed E-state index contributed by atoms with van der Waals surface area (Å²) in [5, 5.41) is 7.53. The Morgan fingerprint density at radius 2 is 2.36 bits per heavy atom. The van der Waals surface area contributed by atoms with Gasteiger partial charge in [0.1, 0.15) is 10.5 Å². The number of nitrogens with zero attached hydrogens (tertiary/aromatic N) is 4. The first kappa shape index (κ1) is 9.75. The Morgan fingerprint density at radius 1 is 1.50 bits per heavy atom. The molecule has 0 saturated heterocycles. The zero-order valence-corrected chi connectivity index (χ0v) is 8.90. The normalized spacial score (nSPS) is 10.4. The molecule has 2 aromatic rings. The molecular formula is C6H2ClFN4S2. The van der Waals surface area contributed by atoms with E-state index in [0.29, 0.717) is 4.34 Å². The maximum atomic E-state index is 13.1. The molecule has 0 aromatic carbocycles. The van der Waals surface area contributed by atoms with E-state index in [1.807, 2.05) is 0 Å². The second-order valence-corrected chi connectivity index (χ2v) is 4.51. The quantitative estimate of drug-likeness (QED) is 0.603. The van der Waals surface area contributed by atoms with E-state index in [1.165, 1.54) is 11.3 Å². The predicted octanol–water partition coefficient (Wildman–Crippen LogP) is 2.27. The molecule has 2 rings (SSSR count). The number of halogens is 2. The van der Waals surface area contributed by atoms with E-state index >= 15 is 0 Å². The molecule has 0 N–H and O–H groups in total. The van der Waals surface area contributed by atoms with Crippen molar-refractivity contribution >= 4 is 34.7 Å². The van der Waals surface area contributed by atoms with Crippen LogP contribution >= 0.6 is 34.7 Å². The van der Waals surface area contributed by atoms with Crippen molar-refractivity contribution in [2.75, 3.05) is 0 Å². The smallest absolute Gasteiger partial charge is 0.223 e. The number of rotatable bonds is 2. The Kier molecular flexibility index (Phi) is 2.90. The number of aromatic nitrogens is 4. The van der Waals surface area contributed by atoms with Gasteiger partial charge < -0.3 is 0 Å². The third-order valence-electron chi connectivity index (χ3n) is 1.21. The van der Waals surface area contributed by atoms with E-state index in [-0.39, 0.29) is 10.3 Å². The van der Waals surface area contributed by atoms with Crippen LogP contribution in [0.5, 0.6) is 0 Å². The van der Waals surface area contributed by atoms with Gasteiger partial charge in [-0.25, -0.2) is 14.4 Å². The Hall–Kier alpha value is -0.790. The summed E-state index contributed by atoms with van der Waals surface area (Å²) in [7, 11) is 0. The van der Waals surface area contributed by atoms with E-state index in [0.717, 1.165) is 18.0 Å². The first-order chi connectivity index (χ1) is 6.75. The predicted molar refractivity (Wildman–Crippen MR) is 51.0 cm³/mol. The summed E-state index contributed by atoms with van der Waals surface area (Å²) in [6.07, 6.45) is 1.03. The fraction of sp³-hybridized carbons (Fsp3) is 0. The van der Waals surface area contributed by atoms with Crippen LogP contribution < -0.4 is 0 Å². The van der Waals surface area contributed by atoms with Crippen molar-refractivity contribution in [1.82, 2.24) is 20.2 Å². The zero-order valence-electron chi connectivity index (χ0n) is 6.52. The molecule has 4 nitrogen and oxygen atoms in total. The van der Waals surface area contributed by atoms with Crippen LogP contribution in [0.25, 0.3) is 0 Å². The van der Waals surface area contributed by atoms with Gasteiger partial charge >= 0.3 is 0 Å². The Bertz CT molecular complexity index is 435. The van der Waals surface area contributed by atoms with Gasteiger partial charge in [-0.15, -0.1) is 10.2 Å². The molecule has 0 fully saturated rings. The monoisotopic (exact) mass is 248 g/mol. The molecule has 0 unspecified atom stereocenters. The average Bonchev–Trinajstić information content (AvgIpc) is 2.64. The maximum Gasteiger partial charge on any atom is 0.223 e. The van der Waals surface area contributed by atoms with Crippen molar-refractivity contribution in [1.29, 1.82) is 0 Å². The zero-order chi connectivity index (χ0) is 9.97. The lowest BCUT2D eigenvalue weighted by molar-refractivity contribution is 0.579. The first-order valence-electron chi connectivity index (χ1n) is 3.38. The van der Waals surface area contributed by atoms with Gasteiger partial charge in [-0.3, -0.25) is 0 Å². The molecule has 8 heteroatoms. The van der Waals surface area contributed by atoms with Crippen molar-refractivity contribution in [3.05, 3.63) is 22.8 Å². The molecule has 0 saturated carbocycles. The minimum Gasteiger partial charge on any atom is -0.223 e. The molecule has 0 bridgehead atoms. The van der Waals surface area contributed by atoms with Crippen LogP contribution in [0.15, 0.2) is 21.1 Å². The molecule has 0 atom stereocenters. The summed E-state index contributed by atoms with van der Waals surface area (Å²) < 4.78 is 13.7. The molecule has 0 aliphatic heterocycles. The highest BCUT2D eigenvalue weighted by Gasteiger charge is 2.09. The molecule has 0 aliphatic carbocycles. The van der Waals surface area contributed by atoms with Crippen LogP contribution in [0.3, 0.4) is 0 Å². The van der Waals surface area contributed by atoms with E-state index in [9.17, 15) is 4.39 Å². The van der Waals surface area contributed by atoms with Crippen molar-refractivity contribution in [3.8, 4) is 0 Å². The third kappa shape index (κ3) is 2.17. The molecule has 0 spiro atoms. The van der Waals surface area contributed by atoms with E-state index in [1.54, 1.807) is 5.51 Å². The summed E-state index contributed by atoms with van der Waals surface area (Å²) in [6.45, 7) is 0. The van der Waals surface area contributed by atoms with Gasteiger partial charge in [-0.05, 0) is 23.4 Å². The number of hydrogen-bond acceptors (Lipinski definition) is 6. The lowest BCUT2D eigenvalue weighted by Gasteiger charge is -1.97. The van der Waals surface area contributed by atoms with Crippen molar-refractivity contribution in [2.45, 2.75) is 9.37 Å². The van der Waals surface area contributed by atoms with E-state index in [2.05, 4.69) is 20.2 Å². The standard InChI is InChI=1S/C6H2ClFN4S2/c7-5-9-1-3(8)4(11-5)14-6-12-10-2-13-6/h1-2H. The topological polar surface area (TPSA) is 51.6 Å². The highest BCUT2D eigenvalue weighted by molar-refractivity contribution is 8.00. The summed E-state index contributed by atoms with van der Waals surface area (Å²) in [5.74, 6) is -0.519. The summed E-state index contributed by atoms with van der Waals surface area (Å²) in [5.41, 5.74) is 1.56. The molecule has 14 heavy (non-hydrogen) atoms. The van der Waals surface area contributed by atoms with Gasteiger partial charge in [-0.2, -0.15) is 0 Å². The van der Waals surface area contributed by atoms with Gasteiger partial charge in [0.2, 0.25) is 5.28 Å². The fourth-order valence-electron chi connectivity index (χ4n) is 0.693. The largest absolute Gasteiger partial charge is 0.223 e. The minimum atomic E-state index is -0.519. The highest BCUT2D eigenvalue weighted by atomic mass is 35.5. The van der Waals surface area contributed by atoms with E-state index in [4.69, 9.17) is 11.6 Å². The molecular weight excluding hydrogens is 247 g/mol. The van der Waals surface area contributed by atoms with Crippen LogP contribution in [-0.2, 0) is 0 Å². The lowest BCUT2D eigenvalue weighted by Crippen LogP contribution is -1.90. The van der Waals surface area contributed by atoms with Crippen LogP contribution in [0.4, 0.5) is 4.39 Å². The van der Waals surface area contributed by atoms with Gasteiger partial charge in [-0.1, -0.05) is 11.3 Å². The maximum absolute atomic E-state index is 13.1. The lowest BCUT2D eigenvalue weighted by atomic mass is 10.6. The van der Waals surface area contributed by atoms with Crippen molar-refractivity contribution in [2.24, 2.45) is 0 Å². The molecule has 0 radical (unpaired) electrons. The second-order valence-electron chi connectivity index (χ2n) is 2.10. The van der Waals surface area contributed by atoms with Crippen molar-refractivity contribution < 1.29 is 4.39 Å². The van der Waals surface area contributed by atoms with Gasteiger partial charge in [0.15, 0.2) is 10.2 Å². The average molecular weight is 249 g/mol. The van der Waals surface area contributed by atoms with Crippen LogP contribution in [0.1, 0.15) is 0 Å². The summed E-state index contributed by atoms with van der Waals surface area (Å²) in [6, 6.07) is 0. The number of hydrogen-bond donors (Lipinski definition) is 0. The van der Waals surface area contributed by atoms with Gasteiger partial charge in [0.05, 0.1) is 6.20 Å². The van der Waals surface area contributed by atoms with Gasteiger partial charge in [0.25, 0.3) is 0 Å². The molecule has 72 valence electrons.